The molecule has 1 aromatic heterocycles. The first-order valence-corrected chi connectivity index (χ1v) is 14.7. The summed E-state index contributed by atoms with van der Waals surface area (Å²) >= 11 is 8.23. The molecule has 0 saturated heterocycles. The number of aromatic carboxylic acids is 1. The minimum absolute atomic E-state index is 0.0176. The number of hydrogen-bond acceptors (Lipinski definition) is 10. The van der Waals surface area contributed by atoms with Crippen molar-refractivity contribution in [3.8, 4) is 6.07 Å². The normalized spacial score (nSPS) is 16.9. The molecule has 0 spiro atoms. The van der Waals surface area contributed by atoms with E-state index < -0.39 is 11.9 Å². The molecule has 1 amide bonds. The summed E-state index contributed by atoms with van der Waals surface area (Å²) in [6.07, 6.45) is 1.63. The molecular formula is C28H23ClN6O4S2. The van der Waals surface area contributed by atoms with Crippen molar-refractivity contribution in [3.05, 3.63) is 86.8 Å². The number of hydrogen-bond donors (Lipinski definition) is 3. The van der Waals surface area contributed by atoms with Gasteiger partial charge in [0, 0.05) is 23.4 Å². The highest BCUT2D eigenvalue weighted by molar-refractivity contribution is 8.01. The highest BCUT2D eigenvalue weighted by Gasteiger charge is 2.41. The van der Waals surface area contributed by atoms with Crippen molar-refractivity contribution in [3.63, 3.8) is 0 Å². The van der Waals surface area contributed by atoms with Crippen LogP contribution in [0.25, 0.3) is 0 Å². The third-order valence-electron chi connectivity index (χ3n) is 6.68. The zero-order chi connectivity index (χ0) is 29.3. The molecule has 0 saturated carbocycles. The van der Waals surface area contributed by atoms with Gasteiger partial charge in [-0.15, -0.1) is 10.2 Å². The van der Waals surface area contributed by atoms with Crippen LogP contribution in [0.5, 0.6) is 0 Å². The Kier molecular flexibility index (Phi) is 8.12. The summed E-state index contributed by atoms with van der Waals surface area (Å²) in [6.45, 7) is 1.96. The Morgan fingerprint density at radius 2 is 2.07 bits per heavy atom. The number of nitrogens with one attached hydrogen (secondary N) is 1. The number of carboxylic acids is 1. The Labute approximate surface area is 248 Å². The highest BCUT2D eigenvalue weighted by atomic mass is 35.5. The van der Waals surface area contributed by atoms with Gasteiger partial charge >= 0.3 is 5.97 Å². The first-order valence-electron chi connectivity index (χ1n) is 12.5. The Balaban J connectivity index is 1.39. The third kappa shape index (κ3) is 5.69. The number of nitrogens with zero attached hydrogens (tertiary/aromatic N) is 4. The molecule has 10 nitrogen and oxygen atoms in total. The SMILES string of the molecule is Cc1cccc(C2C(C#N)=C(N)N(c3nnc(SCC(=O)Nc4ccc(Cl)c(C(=O)O)c4)s3)C3=C2C(=O)CCC3)c1. The van der Waals surface area contributed by atoms with E-state index in [0.29, 0.717) is 45.7 Å². The predicted molar refractivity (Wildman–Crippen MR) is 157 cm³/mol. The van der Waals surface area contributed by atoms with Crippen LogP contribution >= 0.6 is 34.7 Å². The van der Waals surface area contributed by atoms with Crippen molar-refractivity contribution in [1.82, 2.24) is 10.2 Å². The molecule has 208 valence electrons. The summed E-state index contributed by atoms with van der Waals surface area (Å²) in [5.74, 6) is -1.97. The fourth-order valence-electron chi connectivity index (χ4n) is 4.93. The van der Waals surface area contributed by atoms with Crippen molar-refractivity contribution >= 4 is 63.2 Å². The number of carbonyl (C=O) groups is 3. The van der Waals surface area contributed by atoms with Crippen LogP contribution < -0.4 is 16.0 Å². The van der Waals surface area contributed by atoms with Crippen LogP contribution in [0.2, 0.25) is 5.02 Å². The number of ketones is 1. The molecule has 1 unspecified atom stereocenters. The summed E-state index contributed by atoms with van der Waals surface area (Å²) in [5, 5.41) is 31.0. The van der Waals surface area contributed by atoms with Crippen LogP contribution in [0.15, 0.2) is 69.5 Å². The molecule has 2 aromatic carbocycles. The number of Topliss-reactive ketones (excluding diaryl/α,β-unsaturated/α-hetero) is 1. The Bertz CT molecular complexity index is 1690. The number of nitrogens with two attached hydrogens (primary N) is 1. The summed E-state index contributed by atoms with van der Waals surface area (Å²) in [4.78, 5) is 38.8. The molecule has 1 aliphatic carbocycles. The first kappa shape index (κ1) is 28.4. The van der Waals surface area contributed by atoms with Gasteiger partial charge in [0.2, 0.25) is 11.0 Å². The topological polar surface area (TPSA) is 162 Å². The molecule has 3 aromatic rings. The van der Waals surface area contributed by atoms with Crippen LogP contribution in [0.4, 0.5) is 10.8 Å². The summed E-state index contributed by atoms with van der Waals surface area (Å²) in [6, 6.07) is 14.2. The molecule has 13 heteroatoms. The number of benzene rings is 2. The van der Waals surface area contributed by atoms with Crippen LogP contribution in [0.3, 0.4) is 0 Å². The third-order valence-corrected chi connectivity index (χ3v) is 9.05. The van der Waals surface area contributed by atoms with Crippen LogP contribution in [-0.4, -0.2) is 38.7 Å². The van der Waals surface area contributed by atoms with Gasteiger partial charge in [0.1, 0.15) is 5.82 Å². The second-order valence-corrected chi connectivity index (χ2v) is 12.0. The number of allylic oxidation sites excluding steroid dienone is 3. The van der Waals surface area contributed by atoms with E-state index in [0.717, 1.165) is 22.9 Å². The van der Waals surface area contributed by atoms with Gasteiger partial charge in [0.05, 0.1) is 33.9 Å². The zero-order valence-corrected chi connectivity index (χ0v) is 24.1. The number of halogens is 1. The van der Waals surface area contributed by atoms with Crippen molar-refractivity contribution in [2.24, 2.45) is 5.73 Å². The number of anilines is 2. The van der Waals surface area contributed by atoms with E-state index in [1.54, 1.807) is 4.90 Å². The van der Waals surface area contributed by atoms with Crippen molar-refractivity contribution in [1.29, 1.82) is 5.26 Å². The van der Waals surface area contributed by atoms with E-state index in [1.165, 1.54) is 29.5 Å². The number of aromatic nitrogens is 2. The number of amides is 1. The predicted octanol–water partition coefficient (Wildman–Crippen LogP) is 5.23. The zero-order valence-electron chi connectivity index (χ0n) is 21.7. The molecule has 0 fully saturated rings. The molecule has 2 aliphatic rings. The number of thioether (sulfide) groups is 1. The lowest BCUT2D eigenvalue weighted by molar-refractivity contribution is -0.116. The maximum Gasteiger partial charge on any atom is 0.337 e. The van der Waals surface area contributed by atoms with Gasteiger partial charge in [-0.05, 0) is 43.5 Å². The van der Waals surface area contributed by atoms with E-state index in [4.69, 9.17) is 17.3 Å². The number of carboxylic acid groups (broad SMARTS) is 1. The van der Waals surface area contributed by atoms with Gasteiger partial charge in [-0.25, -0.2) is 4.79 Å². The monoisotopic (exact) mass is 606 g/mol. The quantitative estimate of drug-likeness (QED) is 0.303. The van der Waals surface area contributed by atoms with Gasteiger partial charge in [0.25, 0.3) is 0 Å². The fraction of sp³-hybridized carbons (Fsp3) is 0.214. The lowest BCUT2D eigenvalue weighted by atomic mass is 9.75. The van der Waals surface area contributed by atoms with Gasteiger partial charge in [-0.2, -0.15) is 5.26 Å². The number of rotatable bonds is 7. The van der Waals surface area contributed by atoms with E-state index in [9.17, 15) is 24.8 Å². The van der Waals surface area contributed by atoms with Gasteiger partial charge in [0.15, 0.2) is 10.1 Å². The summed E-state index contributed by atoms with van der Waals surface area (Å²) in [5.41, 5.74) is 10.2. The van der Waals surface area contributed by atoms with Crippen molar-refractivity contribution in [2.45, 2.75) is 36.4 Å². The van der Waals surface area contributed by atoms with Crippen molar-refractivity contribution in [2.75, 3.05) is 16.0 Å². The van der Waals surface area contributed by atoms with E-state index in [2.05, 4.69) is 21.6 Å². The second-order valence-electron chi connectivity index (χ2n) is 9.42. The molecule has 0 radical (unpaired) electrons. The number of carbonyl (C=O) groups excluding carboxylic acids is 2. The van der Waals surface area contributed by atoms with E-state index in [1.807, 2.05) is 31.2 Å². The molecule has 41 heavy (non-hydrogen) atoms. The highest BCUT2D eigenvalue weighted by Crippen LogP contribution is 2.47. The van der Waals surface area contributed by atoms with E-state index >= 15 is 0 Å². The molecule has 1 aliphatic heterocycles. The Hall–Kier alpha value is -4.18. The molecule has 4 N–H and O–H groups in total. The number of aryl methyl sites for hydroxylation is 1. The maximum atomic E-state index is 13.3. The summed E-state index contributed by atoms with van der Waals surface area (Å²) < 4.78 is 0.480. The van der Waals surface area contributed by atoms with Gasteiger partial charge < -0.3 is 16.2 Å². The molecule has 0 bridgehead atoms. The molecular weight excluding hydrogens is 584 g/mol. The first-order chi connectivity index (χ1) is 19.7. The minimum Gasteiger partial charge on any atom is -0.478 e. The standard InChI is InChI=1S/C28H23ClN6O4S2/c1-14-4-2-5-15(10-14)23-18(12-30)25(31)35(20-6-3-7-21(36)24(20)23)27-33-34-28(41-27)40-13-22(37)32-16-8-9-19(29)17(11-16)26(38)39/h2,4-5,8-11,23H,3,6-7,13,31H2,1H3,(H,32,37)(H,38,39). The number of nitriles is 1. The fourth-order valence-corrected chi connectivity index (χ4v) is 6.81. The largest absolute Gasteiger partial charge is 0.478 e. The lowest BCUT2D eigenvalue weighted by Gasteiger charge is -2.38. The second kappa shape index (κ2) is 11.7. The smallest absolute Gasteiger partial charge is 0.337 e. The maximum absolute atomic E-state index is 13.3. The van der Waals surface area contributed by atoms with Gasteiger partial charge in [-0.1, -0.05) is 64.5 Å². The molecule has 1 atom stereocenters. The average molecular weight is 607 g/mol. The Morgan fingerprint density at radius 3 is 2.80 bits per heavy atom. The minimum atomic E-state index is -1.20. The van der Waals surface area contributed by atoms with Crippen LogP contribution in [0, 0.1) is 18.3 Å². The van der Waals surface area contributed by atoms with Crippen molar-refractivity contribution < 1.29 is 19.5 Å². The molecule has 5 rings (SSSR count). The average Bonchev–Trinajstić information content (AvgIpc) is 3.40. The van der Waals surface area contributed by atoms with Crippen LogP contribution in [-0.2, 0) is 9.59 Å². The Morgan fingerprint density at radius 1 is 1.27 bits per heavy atom. The molecule has 2 heterocycles. The van der Waals surface area contributed by atoms with E-state index in [-0.39, 0.29) is 39.4 Å². The summed E-state index contributed by atoms with van der Waals surface area (Å²) in [7, 11) is 0. The van der Waals surface area contributed by atoms with Gasteiger partial charge in [-0.3, -0.25) is 14.5 Å². The lowest BCUT2D eigenvalue weighted by Crippen LogP contribution is -2.38. The van der Waals surface area contributed by atoms with Crippen LogP contribution in [0.1, 0.15) is 46.7 Å².